The second-order valence-electron chi connectivity index (χ2n) is 3.13. The molecule has 16 heavy (non-hydrogen) atoms. The Hall–Kier alpha value is -1.39. The molecular formula is C12H14O3S. The van der Waals surface area contributed by atoms with Crippen LogP contribution in [0.25, 0.3) is 0 Å². The van der Waals surface area contributed by atoms with E-state index < -0.39 is 15.4 Å². The van der Waals surface area contributed by atoms with Crippen LogP contribution < -0.4 is 0 Å². The predicted octanol–water partition coefficient (Wildman–Crippen LogP) is 2.45. The molecule has 0 aliphatic heterocycles. The molecule has 1 aromatic rings. The van der Waals surface area contributed by atoms with E-state index in [1.165, 1.54) is 12.2 Å². The van der Waals surface area contributed by atoms with Crippen molar-refractivity contribution in [1.82, 2.24) is 0 Å². The van der Waals surface area contributed by atoms with Crippen molar-refractivity contribution in [2.75, 3.05) is 6.61 Å². The average Bonchev–Trinajstić information content (AvgIpc) is 2.28. The van der Waals surface area contributed by atoms with Crippen LogP contribution in [0, 0.1) is 0 Å². The van der Waals surface area contributed by atoms with E-state index in [9.17, 15) is 8.42 Å². The number of benzene rings is 1. The predicted molar refractivity (Wildman–Crippen MR) is 64.4 cm³/mol. The lowest BCUT2D eigenvalue weighted by molar-refractivity contribution is 0.353. The summed E-state index contributed by atoms with van der Waals surface area (Å²) in [5.74, 6) is 0. The number of hydrogen-bond acceptors (Lipinski definition) is 3. The fourth-order valence-electron chi connectivity index (χ4n) is 1.28. The van der Waals surface area contributed by atoms with Gasteiger partial charge in [-0.05, 0) is 5.56 Å². The van der Waals surface area contributed by atoms with Crippen LogP contribution in [0.3, 0.4) is 0 Å². The van der Waals surface area contributed by atoms with E-state index in [1.807, 2.05) is 6.07 Å². The van der Waals surface area contributed by atoms with Gasteiger partial charge in [0.15, 0.2) is 0 Å². The van der Waals surface area contributed by atoms with Gasteiger partial charge in [-0.2, -0.15) is 8.42 Å². The van der Waals surface area contributed by atoms with Crippen LogP contribution in [0.5, 0.6) is 0 Å². The van der Waals surface area contributed by atoms with Gasteiger partial charge in [0.2, 0.25) is 0 Å². The molecule has 0 heterocycles. The molecule has 0 radical (unpaired) electrons. The summed E-state index contributed by atoms with van der Waals surface area (Å²) in [6, 6.07) is 8.81. The summed E-state index contributed by atoms with van der Waals surface area (Å²) in [5, 5.41) is -0.839. The van der Waals surface area contributed by atoms with Gasteiger partial charge in [-0.25, -0.2) is 0 Å². The molecule has 0 bridgehead atoms. The van der Waals surface area contributed by atoms with Crippen molar-refractivity contribution >= 4 is 10.1 Å². The monoisotopic (exact) mass is 238 g/mol. The lowest BCUT2D eigenvalue weighted by Crippen LogP contribution is -2.14. The Morgan fingerprint density at radius 1 is 1.25 bits per heavy atom. The molecule has 3 nitrogen and oxygen atoms in total. The zero-order valence-corrected chi connectivity index (χ0v) is 9.69. The molecule has 0 saturated carbocycles. The Balaban J connectivity index is 2.99. The summed E-state index contributed by atoms with van der Waals surface area (Å²) in [6.45, 7) is 6.90. The van der Waals surface area contributed by atoms with Gasteiger partial charge >= 0.3 is 0 Å². The molecule has 0 aliphatic carbocycles. The first-order valence-electron chi connectivity index (χ1n) is 4.78. The molecule has 4 heteroatoms. The average molecular weight is 238 g/mol. The molecular weight excluding hydrogens is 224 g/mol. The van der Waals surface area contributed by atoms with Gasteiger partial charge in [-0.3, -0.25) is 4.18 Å². The van der Waals surface area contributed by atoms with Crippen molar-refractivity contribution in [1.29, 1.82) is 0 Å². The Kier molecular flexibility index (Phi) is 4.46. The third-order valence-corrected chi connectivity index (χ3v) is 3.55. The second kappa shape index (κ2) is 5.63. The molecule has 1 aromatic carbocycles. The molecule has 0 amide bonds. The third-order valence-electron chi connectivity index (χ3n) is 2.00. The normalized spacial score (nSPS) is 13.0. The molecule has 0 saturated heterocycles. The van der Waals surface area contributed by atoms with E-state index in [4.69, 9.17) is 4.18 Å². The molecule has 0 N–H and O–H groups in total. The van der Waals surface area contributed by atoms with Gasteiger partial charge in [0, 0.05) is 0 Å². The van der Waals surface area contributed by atoms with E-state index in [-0.39, 0.29) is 6.61 Å². The van der Waals surface area contributed by atoms with Gasteiger partial charge in [0.05, 0.1) is 6.61 Å². The summed E-state index contributed by atoms with van der Waals surface area (Å²) in [6.07, 6.45) is 2.75. The van der Waals surface area contributed by atoms with E-state index in [0.717, 1.165) is 0 Å². The molecule has 0 fully saturated rings. The van der Waals surface area contributed by atoms with Crippen molar-refractivity contribution in [3.63, 3.8) is 0 Å². The first-order valence-corrected chi connectivity index (χ1v) is 6.25. The van der Waals surface area contributed by atoms with E-state index in [1.54, 1.807) is 24.3 Å². The van der Waals surface area contributed by atoms with E-state index >= 15 is 0 Å². The maximum Gasteiger partial charge on any atom is 0.278 e. The Labute approximate surface area is 96.2 Å². The van der Waals surface area contributed by atoms with Gasteiger partial charge in [-0.1, -0.05) is 42.5 Å². The highest BCUT2D eigenvalue weighted by Crippen LogP contribution is 2.24. The Morgan fingerprint density at radius 3 is 2.38 bits per heavy atom. The van der Waals surface area contributed by atoms with Crippen LogP contribution in [0.2, 0.25) is 0 Å². The van der Waals surface area contributed by atoms with Crippen LogP contribution in [-0.4, -0.2) is 15.0 Å². The summed E-state index contributed by atoms with van der Waals surface area (Å²) in [5.41, 5.74) is 0.640. The van der Waals surface area contributed by atoms with Gasteiger partial charge in [0.25, 0.3) is 10.1 Å². The largest absolute Gasteiger partial charge is 0.278 e. The van der Waals surface area contributed by atoms with Gasteiger partial charge < -0.3 is 0 Å². The molecule has 1 atom stereocenters. The van der Waals surface area contributed by atoms with Crippen molar-refractivity contribution in [3.05, 3.63) is 61.2 Å². The van der Waals surface area contributed by atoms with Crippen LogP contribution in [0.4, 0.5) is 0 Å². The topological polar surface area (TPSA) is 43.4 Å². The molecule has 0 aliphatic rings. The molecule has 0 aromatic heterocycles. The maximum absolute atomic E-state index is 11.8. The van der Waals surface area contributed by atoms with Crippen molar-refractivity contribution in [2.24, 2.45) is 0 Å². The Bertz CT molecular complexity index is 448. The zero-order chi connectivity index (χ0) is 12.0. The van der Waals surface area contributed by atoms with E-state index in [2.05, 4.69) is 13.2 Å². The highest BCUT2D eigenvalue weighted by Gasteiger charge is 2.24. The summed E-state index contributed by atoms with van der Waals surface area (Å²) in [7, 11) is -3.68. The van der Waals surface area contributed by atoms with Gasteiger partial charge in [-0.15, -0.1) is 13.2 Å². The SMILES string of the molecule is C=CCOS(=O)(=O)C(C=C)c1ccccc1. The van der Waals surface area contributed by atoms with Crippen LogP contribution in [0.1, 0.15) is 10.8 Å². The quantitative estimate of drug-likeness (QED) is 0.564. The highest BCUT2D eigenvalue weighted by molar-refractivity contribution is 7.87. The summed E-state index contributed by atoms with van der Waals surface area (Å²) < 4.78 is 28.3. The molecule has 86 valence electrons. The molecule has 1 unspecified atom stereocenters. The van der Waals surface area contributed by atoms with Crippen LogP contribution >= 0.6 is 0 Å². The minimum atomic E-state index is -3.68. The Morgan fingerprint density at radius 2 is 1.88 bits per heavy atom. The highest BCUT2D eigenvalue weighted by atomic mass is 32.2. The first-order chi connectivity index (χ1) is 7.61. The zero-order valence-electron chi connectivity index (χ0n) is 8.87. The lowest BCUT2D eigenvalue weighted by atomic mass is 10.1. The number of rotatable bonds is 6. The maximum atomic E-state index is 11.8. The summed E-state index contributed by atoms with van der Waals surface area (Å²) in [4.78, 5) is 0. The second-order valence-corrected chi connectivity index (χ2v) is 4.86. The first kappa shape index (κ1) is 12.7. The standard InChI is InChI=1S/C12H14O3S/c1-3-10-15-16(13,14)12(4-2)11-8-6-5-7-9-11/h3-9,12H,1-2,10H2. The smallest absolute Gasteiger partial charge is 0.265 e. The fraction of sp³-hybridized carbons (Fsp3) is 0.167. The van der Waals surface area contributed by atoms with Crippen molar-refractivity contribution in [2.45, 2.75) is 5.25 Å². The minimum Gasteiger partial charge on any atom is -0.265 e. The van der Waals surface area contributed by atoms with E-state index in [0.29, 0.717) is 5.56 Å². The fourth-order valence-corrected chi connectivity index (χ4v) is 2.44. The minimum absolute atomic E-state index is 0.0283. The summed E-state index contributed by atoms with van der Waals surface area (Å²) >= 11 is 0. The van der Waals surface area contributed by atoms with Crippen molar-refractivity contribution < 1.29 is 12.6 Å². The third kappa shape index (κ3) is 3.05. The van der Waals surface area contributed by atoms with Gasteiger partial charge in [0.1, 0.15) is 5.25 Å². The number of hydrogen-bond donors (Lipinski definition) is 0. The van der Waals surface area contributed by atoms with Crippen molar-refractivity contribution in [3.8, 4) is 0 Å². The van der Waals surface area contributed by atoms with Crippen LogP contribution in [-0.2, 0) is 14.3 Å². The van der Waals surface area contributed by atoms with Crippen LogP contribution in [0.15, 0.2) is 55.6 Å². The molecule has 0 spiro atoms. The lowest BCUT2D eigenvalue weighted by Gasteiger charge is -2.13. The molecule has 1 rings (SSSR count).